The fourth-order valence-corrected chi connectivity index (χ4v) is 10.6. The van der Waals surface area contributed by atoms with Crippen molar-refractivity contribution in [3.63, 3.8) is 0 Å². The fraction of sp³-hybridized carbons (Fsp3) is 0.395. The highest BCUT2D eigenvalue weighted by atomic mass is 31.2. The molecular formula is C43H54OP+. The first-order chi connectivity index (χ1) is 22.4. The van der Waals surface area contributed by atoms with Crippen LogP contribution in [0, 0.1) is 11.8 Å². The van der Waals surface area contributed by atoms with Gasteiger partial charge < -0.3 is 4.74 Å². The van der Waals surface area contributed by atoms with E-state index in [1.165, 1.54) is 91.8 Å². The fourth-order valence-electron chi connectivity index (χ4n) is 6.22. The van der Waals surface area contributed by atoms with Crippen molar-refractivity contribution in [1.29, 1.82) is 0 Å². The van der Waals surface area contributed by atoms with E-state index in [0.29, 0.717) is 6.61 Å². The monoisotopic (exact) mass is 617 g/mol. The molecule has 0 aliphatic carbocycles. The van der Waals surface area contributed by atoms with Crippen molar-refractivity contribution < 1.29 is 4.74 Å². The lowest BCUT2D eigenvalue weighted by molar-refractivity contribution is 0.117. The highest BCUT2D eigenvalue weighted by Crippen LogP contribution is 2.56. The number of rotatable bonds is 21. The molecule has 1 nitrogen and oxygen atoms in total. The van der Waals surface area contributed by atoms with Crippen LogP contribution < -0.4 is 15.9 Å². The van der Waals surface area contributed by atoms with Crippen molar-refractivity contribution >= 4 is 23.2 Å². The van der Waals surface area contributed by atoms with Crippen molar-refractivity contribution in [2.45, 2.75) is 96.5 Å². The number of hydrogen-bond acceptors (Lipinski definition) is 1. The Kier molecular flexibility index (Phi) is 16.6. The molecule has 0 saturated heterocycles. The Hall–Kier alpha value is -3.17. The molecule has 0 spiro atoms. The second-order valence-electron chi connectivity index (χ2n) is 12.2. The Morgan fingerprint density at radius 3 is 1.24 bits per heavy atom. The first kappa shape index (κ1) is 34.7. The van der Waals surface area contributed by atoms with Gasteiger partial charge in [0, 0.05) is 19.4 Å². The molecule has 0 N–H and O–H groups in total. The van der Waals surface area contributed by atoms with E-state index in [1.807, 2.05) is 6.07 Å². The highest BCUT2D eigenvalue weighted by Gasteiger charge is 2.44. The van der Waals surface area contributed by atoms with Gasteiger partial charge in [0.05, 0.1) is 12.8 Å². The van der Waals surface area contributed by atoms with Crippen LogP contribution in [0.1, 0.15) is 95.5 Å². The Labute approximate surface area is 275 Å². The van der Waals surface area contributed by atoms with Gasteiger partial charge in [-0.2, -0.15) is 0 Å². The molecule has 0 aliphatic rings. The maximum Gasteiger partial charge on any atom is 0.112 e. The zero-order valence-corrected chi connectivity index (χ0v) is 28.3. The number of hydrogen-bond donors (Lipinski definition) is 0. The molecule has 45 heavy (non-hydrogen) atoms. The molecule has 2 heteroatoms. The average Bonchev–Trinajstić information content (AvgIpc) is 3.11. The molecule has 0 atom stereocenters. The summed E-state index contributed by atoms with van der Waals surface area (Å²) in [6.07, 6.45) is 19.0. The molecule has 0 unspecified atom stereocenters. The van der Waals surface area contributed by atoms with Crippen LogP contribution in [-0.4, -0.2) is 12.8 Å². The van der Waals surface area contributed by atoms with E-state index in [4.69, 9.17) is 4.74 Å². The lowest BCUT2D eigenvalue weighted by Crippen LogP contribution is -2.33. The van der Waals surface area contributed by atoms with Crippen LogP contribution in [0.15, 0.2) is 121 Å². The largest absolute Gasteiger partial charge is 0.377 e. The first-order valence-corrected chi connectivity index (χ1v) is 19.5. The molecule has 0 aliphatic heterocycles. The van der Waals surface area contributed by atoms with Crippen molar-refractivity contribution in [1.82, 2.24) is 0 Å². The van der Waals surface area contributed by atoms with Crippen LogP contribution in [0.4, 0.5) is 0 Å². The number of ether oxygens (including phenoxy) is 1. The van der Waals surface area contributed by atoms with Gasteiger partial charge in [-0.3, -0.25) is 0 Å². The Morgan fingerprint density at radius 1 is 0.400 bits per heavy atom. The molecular weight excluding hydrogens is 563 g/mol. The van der Waals surface area contributed by atoms with Crippen molar-refractivity contribution in [2.75, 3.05) is 12.8 Å². The molecule has 236 valence electrons. The molecule has 4 aromatic rings. The van der Waals surface area contributed by atoms with Gasteiger partial charge in [-0.25, -0.2) is 0 Å². The maximum absolute atomic E-state index is 5.75. The lowest BCUT2D eigenvalue weighted by Gasteiger charge is -2.27. The molecule has 4 rings (SSSR count). The summed E-state index contributed by atoms with van der Waals surface area (Å²) in [7, 11) is -1.67. The number of unbranched alkanes of at least 4 members (excludes halogenated alkanes) is 12. The van der Waals surface area contributed by atoms with E-state index in [9.17, 15) is 0 Å². The zero-order valence-electron chi connectivity index (χ0n) is 27.4. The highest BCUT2D eigenvalue weighted by molar-refractivity contribution is 7.95. The Bertz CT molecular complexity index is 1250. The topological polar surface area (TPSA) is 9.23 Å². The third-order valence-electron chi connectivity index (χ3n) is 8.71. The van der Waals surface area contributed by atoms with Gasteiger partial charge in [0.1, 0.15) is 23.2 Å². The average molecular weight is 618 g/mol. The summed E-state index contributed by atoms with van der Waals surface area (Å²) < 4.78 is 5.75. The van der Waals surface area contributed by atoms with E-state index >= 15 is 0 Å². The van der Waals surface area contributed by atoms with Crippen LogP contribution in [-0.2, 0) is 11.3 Å². The van der Waals surface area contributed by atoms with Crippen LogP contribution in [0.3, 0.4) is 0 Å². The summed E-state index contributed by atoms with van der Waals surface area (Å²) in [4.78, 5) is 0. The van der Waals surface area contributed by atoms with Gasteiger partial charge in [-0.15, -0.1) is 11.8 Å². The molecule has 0 bridgehead atoms. The molecule has 0 saturated carbocycles. The van der Waals surface area contributed by atoms with E-state index in [1.54, 1.807) is 0 Å². The standard InChI is InChI=1S/C43H54OP/c1(3-5-7-9-11-13-27-37-44-39-40-29-19-15-20-30-40)2-4-6-8-10-12-14-28-38-45(41-31-21-16-22-32-41,42-33-23-17-24-34-42)43-35-25-18-26-36-43/h15-26,29-36H,1-6,8,10-14,27-28,37-39H2/q+1. The molecule has 0 aromatic heterocycles. The van der Waals surface area contributed by atoms with E-state index in [0.717, 1.165) is 32.3 Å². The smallest absolute Gasteiger partial charge is 0.112 e. The van der Waals surface area contributed by atoms with Gasteiger partial charge in [-0.1, -0.05) is 130 Å². The first-order valence-electron chi connectivity index (χ1n) is 17.5. The summed E-state index contributed by atoms with van der Waals surface area (Å²) in [6.45, 7) is 1.54. The Balaban J connectivity index is 1.04. The van der Waals surface area contributed by atoms with Crippen LogP contribution in [0.25, 0.3) is 0 Å². The quantitative estimate of drug-likeness (QED) is 0.0513. The van der Waals surface area contributed by atoms with Gasteiger partial charge >= 0.3 is 0 Å². The van der Waals surface area contributed by atoms with Gasteiger partial charge in [0.2, 0.25) is 0 Å². The normalized spacial score (nSPS) is 11.2. The van der Waals surface area contributed by atoms with Crippen LogP contribution in [0.2, 0.25) is 0 Å². The zero-order chi connectivity index (χ0) is 31.1. The van der Waals surface area contributed by atoms with E-state index in [2.05, 4.69) is 127 Å². The molecule has 0 radical (unpaired) electrons. The maximum atomic E-state index is 5.75. The van der Waals surface area contributed by atoms with E-state index < -0.39 is 7.26 Å². The summed E-state index contributed by atoms with van der Waals surface area (Å²) in [5, 5.41) is 4.52. The van der Waals surface area contributed by atoms with Gasteiger partial charge in [-0.05, 0) is 74.1 Å². The summed E-state index contributed by atoms with van der Waals surface area (Å²) in [5.41, 5.74) is 1.25. The molecule has 4 aromatic carbocycles. The number of benzene rings is 4. The summed E-state index contributed by atoms with van der Waals surface area (Å²) in [6, 6.07) is 44.4. The minimum Gasteiger partial charge on any atom is -0.377 e. The molecule has 0 heterocycles. The molecule has 0 fully saturated rings. The predicted octanol–water partition coefficient (Wildman–Crippen LogP) is 10.7. The summed E-state index contributed by atoms with van der Waals surface area (Å²) >= 11 is 0. The van der Waals surface area contributed by atoms with Crippen LogP contribution in [0.5, 0.6) is 0 Å². The third-order valence-corrected chi connectivity index (χ3v) is 13.2. The minimum absolute atomic E-state index is 0.716. The summed E-state index contributed by atoms with van der Waals surface area (Å²) in [5.74, 6) is 6.75. The minimum atomic E-state index is -1.67. The predicted molar refractivity (Wildman–Crippen MR) is 199 cm³/mol. The van der Waals surface area contributed by atoms with Crippen LogP contribution >= 0.6 is 7.26 Å². The Morgan fingerprint density at radius 2 is 0.778 bits per heavy atom. The van der Waals surface area contributed by atoms with Crippen molar-refractivity contribution in [3.05, 3.63) is 127 Å². The lowest BCUT2D eigenvalue weighted by atomic mass is 10.1. The second-order valence-corrected chi connectivity index (χ2v) is 15.8. The SMILES string of the molecule is C(#CCCCCOCc1ccccc1)CCCCCCCCCCCC[P+](c1ccccc1)(c1ccccc1)c1ccccc1. The third kappa shape index (κ3) is 12.3. The molecule has 0 amide bonds. The van der Waals surface area contributed by atoms with Crippen molar-refractivity contribution in [2.24, 2.45) is 0 Å². The van der Waals surface area contributed by atoms with Crippen molar-refractivity contribution in [3.8, 4) is 11.8 Å². The second kappa shape index (κ2) is 21.5. The van der Waals surface area contributed by atoms with E-state index in [-0.39, 0.29) is 0 Å². The van der Waals surface area contributed by atoms with Gasteiger partial charge in [0.15, 0.2) is 0 Å². The van der Waals surface area contributed by atoms with Gasteiger partial charge in [0.25, 0.3) is 0 Å².